The molecule has 0 spiro atoms. The molecule has 0 aromatic heterocycles. The number of halogens is 2. The van der Waals surface area contributed by atoms with Crippen molar-refractivity contribution in [3.8, 4) is 0 Å². The zero-order valence-electron chi connectivity index (χ0n) is 11.9. The van der Waals surface area contributed by atoms with Crippen molar-refractivity contribution in [1.82, 2.24) is 4.90 Å². The molecule has 2 nitrogen and oxygen atoms in total. The number of carbonyl (C=O) groups excluding carboxylic acids is 1. The average Bonchev–Trinajstić information content (AvgIpc) is 2.47. The summed E-state index contributed by atoms with van der Waals surface area (Å²) in [5, 5.41) is 1.34. The minimum absolute atomic E-state index is 0.100. The summed E-state index contributed by atoms with van der Waals surface area (Å²) in [5.41, 5.74) is 1.73. The molecule has 110 valence electrons. The molecule has 0 heterocycles. The van der Waals surface area contributed by atoms with Crippen molar-refractivity contribution in [2.45, 2.75) is 13.0 Å². The number of benzene rings is 2. The van der Waals surface area contributed by atoms with Crippen LogP contribution in [-0.2, 0) is 6.54 Å². The van der Waals surface area contributed by atoms with Crippen LogP contribution in [0.2, 0.25) is 10.0 Å². The van der Waals surface area contributed by atoms with Gasteiger partial charge in [-0.25, -0.2) is 0 Å². The molecule has 0 radical (unpaired) electrons. The summed E-state index contributed by atoms with van der Waals surface area (Å²) < 4.78 is 0. The highest BCUT2D eigenvalue weighted by Crippen LogP contribution is 2.17. The normalized spacial score (nSPS) is 10.9. The second-order valence-electron chi connectivity index (χ2n) is 5.01. The van der Waals surface area contributed by atoms with Crippen LogP contribution >= 0.6 is 23.2 Å². The molecule has 21 heavy (non-hydrogen) atoms. The van der Waals surface area contributed by atoms with Gasteiger partial charge in [-0.2, -0.15) is 0 Å². The maximum Gasteiger partial charge on any atom is 0.164 e. The molecule has 0 fully saturated rings. The summed E-state index contributed by atoms with van der Waals surface area (Å²) in [7, 11) is 1.98. The number of rotatable bonds is 6. The Morgan fingerprint density at radius 3 is 2.57 bits per heavy atom. The Hall–Kier alpha value is -1.35. The van der Waals surface area contributed by atoms with Gasteiger partial charge in [0, 0.05) is 35.1 Å². The van der Waals surface area contributed by atoms with Gasteiger partial charge in [-0.1, -0.05) is 53.5 Å². The van der Waals surface area contributed by atoms with Crippen molar-refractivity contribution < 1.29 is 4.79 Å². The van der Waals surface area contributed by atoms with Crippen molar-refractivity contribution in [3.05, 3.63) is 69.7 Å². The SMILES string of the molecule is CN(CCC(=O)c1cccc(Cl)c1)Cc1ccccc1Cl. The van der Waals surface area contributed by atoms with E-state index < -0.39 is 0 Å². The third-order valence-electron chi connectivity index (χ3n) is 3.27. The van der Waals surface area contributed by atoms with Crippen molar-refractivity contribution in [1.29, 1.82) is 0 Å². The van der Waals surface area contributed by atoms with Gasteiger partial charge in [0.05, 0.1) is 0 Å². The Morgan fingerprint density at radius 1 is 1.10 bits per heavy atom. The lowest BCUT2D eigenvalue weighted by molar-refractivity contribution is 0.0968. The van der Waals surface area contributed by atoms with E-state index in [1.807, 2.05) is 31.3 Å². The minimum Gasteiger partial charge on any atom is -0.302 e. The van der Waals surface area contributed by atoms with Crippen LogP contribution in [-0.4, -0.2) is 24.3 Å². The topological polar surface area (TPSA) is 20.3 Å². The molecule has 2 rings (SSSR count). The van der Waals surface area contributed by atoms with Crippen LogP contribution in [0.3, 0.4) is 0 Å². The smallest absolute Gasteiger partial charge is 0.164 e. The van der Waals surface area contributed by atoms with Gasteiger partial charge in [0.1, 0.15) is 0 Å². The molecule has 0 N–H and O–H groups in total. The number of nitrogens with zero attached hydrogens (tertiary/aromatic N) is 1. The van der Waals surface area contributed by atoms with Crippen molar-refractivity contribution in [2.24, 2.45) is 0 Å². The van der Waals surface area contributed by atoms with Crippen LogP contribution in [0.15, 0.2) is 48.5 Å². The first-order valence-corrected chi connectivity index (χ1v) is 7.52. The fourth-order valence-corrected chi connectivity index (χ4v) is 2.48. The summed E-state index contributed by atoms with van der Waals surface area (Å²) in [6.07, 6.45) is 0.460. The van der Waals surface area contributed by atoms with E-state index in [-0.39, 0.29) is 5.78 Å². The lowest BCUT2D eigenvalue weighted by Crippen LogP contribution is -2.21. The molecule has 2 aromatic rings. The Balaban J connectivity index is 1.88. The van der Waals surface area contributed by atoms with E-state index in [4.69, 9.17) is 23.2 Å². The lowest BCUT2D eigenvalue weighted by Gasteiger charge is -2.17. The van der Waals surface area contributed by atoms with Crippen molar-refractivity contribution in [2.75, 3.05) is 13.6 Å². The molecule has 0 bridgehead atoms. The second-order valence-corrected chi connectivity index (χ2v) is 5.86. The summed E-state index contributed by atoms with van der Waals surface area (Å²) in [6.45, 7) is 1.40. The molecule has 0 aliphatic carbocycles. The van der Waals surface area contributed by atoms with Crippen LogP contribution < -0.4 is 0 Å². The largest absolute Gasteiger partial charge is 0.302 e. The highest BCUT2D eigenvalue weighted by molar-refractivity contribution is 6.31. The number of carbonyl (C=O) groups is 1. The zero-order valence-corrected chi connectivity index (χ0v) is 13.4. The molecule has 2 aromatic carbocycles. The quantitative estimate of drug-likeness (QED) is 0.719. The van der Waals surface area contributed by atoms with E-state index in [0.717, 1.165) is 17.1 Å². The lowest BCUT2D eigenvalue weighted by atomic mass is 10.1. The van der Waals surface area contributed by atoms with E-state index >= 15 is 0 Å². The van der Waals surface area contributed by atoms with Gasteiger partial charge in [0.15, 0.2) is 5.78 Å². The van der Waals surface area contributed by atoms with Crippen LogP contribution in [0.4, 0.5) is 0 Å². The molecule has 0 saturated heterocycles. The molecule has 4 heteroatoms. The van der Waals surface area contributed by atoms with E-state index in [1.54, 1.807) is 24.3 Å². The molecular formula is C17H17Cl2NO. The van der Waals surface area contributed by atoms with Crippen LogP contribution in [0.25, 0.3) is 0 Å². The van der Waals surface area contributed by atoms with Gasteiger partial charge >= 0.3 is 0 Å². The van der Waals surface area contributed by atoms with Crippen LogP contribution in [0.1, 0.15) is 22.3 Å². The number of ketones is 1. The molecule has 0 aliphatic heterocycles. The Morgan fingerprint density at radius 2 is 1.86 bits per heavy atom. The van der Waals surface area contributed by atoms with E-state index in [9.17, 15) is 4.79 Å². The fourth-order valence-electron chi connectivity index (χ4n) is 2.10. The monoisotopic (exact) mass is 321 g/mol. The Bertz CT molecular complexity index is 628. The maximum absolute atomic E-state index is 12.1. The third kappa shape index (κ3) is 4.85. The second kappa shape index (κ2) is 7.60. The van der Waals surface area contributed by atoms with Gasteiger partial charge < -0.3 is 4.90 Å². The fraction of sp³-hybridized carbons (Fsp3) is 0.235. The summed E-state index contributed by atoms with van der Waals surface area (Å²) in [5.74, 6) is 0.100. The molecule has 0 aliphatic rings. The minimum atomic E-state index is 0.100. The predicted octanol–water partition coefficient (Wildman–Crippen LogP) is 4.70. The van der Waals surface area contributed by atoms with Crippen molar-refractivity contribution in [3.63, 3.8) is 0 Å². The zero-order chi connectivity index (χ0) is 15.2. The average molecular weight is 322 g/mol. The highest BCUT2D eigenvalue weighted by Gasteiger charge is 2.09. The van der Waals surface area contributed by atoms with Gasteiger partial charge in [0.2, 0.25) is 0 Å². The van der Waals surface area contributed by atoms with Gasteiger partial charge in [0.25, 0.3) is 0 Å². The van der Waals surface area contributed by atoms with Crippen LogP contribution in [0, 0.1) is 0 Å². The molecule has 0 atom stereocenters. The standard InChI is InChI=1S/C17H17Cl2NO/c1-20(12-14-5-2-3-8-16(14)19)10-9-17(21)13-6-4-7-15(18)11-13/h2-8,11H,9-10,12H2,1H3. The third-order valence-corrected chi connectivity index (χ3v) is 3.87. The number of Topliss-reactive ketones (excluding diaryl/α,β-unsaturated/α-hetero) is 1. The maximum atomic E-state index is 12.1. The summed E-state index contributed by atoms with van der Waals surface area (Å²) >= 11 is 12.0. The van der Waals surface area contributed by atoms with Crippen molar-refractivity contribution >= 4 is 29.0 Å². The van der Waals surface area contributed by atoms with E-state index in [1.165, 1.54) is 0 Å². The van der Waals surface area contributed by atoms with Gasteiger partial charge in [-0.15, -0.1) is 0 Å². The Kier molecular flexibility index (Phi) is 5.80. The first kappa shape index (κ1) is 16.0. The van der Waals surface area contributed by atoms with Gasteiger partial charge in [-0.3, -0.25) is 4.79 Å². The van der Waals surface area contributed by atoms with Crippen LogP contribution in [0.5, 0.6) is 0 Å². The molecule has 0 amide bonds. The highest BCUT2D eigenvalue weighted by atomic mass is 35.5. The van der Waals surface area contributed by atoms with E-state index in [0.29, 0.717) is 23.6 Å². The molecule has 0 unspecified atom stereocenters. The first-order valence-electron chi connectivity index (χ1n) is 6.77. The van der Waals surface area contributed by atoms with E-state index in [2.05, 4.69) is 4.90 Å². The molecular weight excluding hydrogens is 305 g/mol. The number of hydrogen-bond acceptors (Lipinski definition) is 2. The summed E-state index contributed by atoms with van der Waals surface area (Å²) in [6, 6.07) is 14.8. The molecule has 0 saturated carbocycles. The van der Waals surface area contributed by atoms with Gasteiger partial charge in [-0.05, 0) is 30.8 Å². The number of hydrogen-bond donors (Lipinski definition) is 0. The first-order chi connectivity index (χ1) is 10.1. The predicted molar refractivity (Wildman–Crippen MR) is 88.2 cm³/mol. The summed E-state index contributed by atoms with van der Waals surface area (Å²) in [4.78, 5) is 14.2. The Labute approximate surface area is 135 Å².